The molecule has 0 saturated carbocycles. The largest absolute Gasteiger partial charge is 2.00 e. The Morgan fingerprint density at radius 1 is 0.632 bits per heavy atom. The van der Waals surface area contributed by atoms with Crippen molar-refractivity contribution in [2.24, 2.45) is 0 Å². The number of rotatable bonds is 6. The van der Waals surface area contributed by atoms with Crippen molar-refractivity contribution in [2.45, 2.75) is 52.4 Å². The average Bonchev–Trinajstić information content (AvgIpc) is 3.07. The van der Waals surface area contributed by atoms with Crippen LogP contribution in [0.25, 0.3) is 0 Å². The average molecular weight is 298 g/mol. The summed E-state index contributed by atoms with van der Waals surface area (Å²) in [6.45, 7) is 4.45. The molecule has 0 nitrogen and oxygen atoms in total. The third-order valence-corrected chi connectivity index (χ3v) is 3.10. The molecule has 0 spiro atoms. The van der Waals surface area contributed by atoms with E-state index in [1.165, 1.54) is 49.7 Å². The molecule has 0 aliphatic rings. The van der Waals surface area contributed by atoms with Crippen molar-refractivity contribution in [1.82, 2.24) is 0 Å². The normalized spacial score (nSPS) is 9.37. The van der Waals surface area contributed by atoms with Gasteiger partial charge in [0.15, 0.2) is 0 Å². The van der Waals surface area contributed by atoms with Crippen LogP contribution in [-0.4, -0.2) is 0 Å². The van der Waals surface area contributed by atoms with E-state index in [1.807, 2.05) is 0 Å². The summed E-state index contributed by atoms with van der Waals surface area (Å²) in [5.41, 5.74) is 2.97. The Bertz CT molecular complexity index is 318. The first kappa shape index (κ1) is 18.2. The van der Waals surface area contributed by atoms with Gasteiger partial charge < -0.3 is 0 Å². The molecule has 0 saturated heterocycles. The number of hydrogen-bond acceptors (Lipinski definition) is 0. The zero-order valence-electron chi connectivity index (χ0n) is 12.2. The summed E-state index contributed by atoms with van der Waals surface area (Å²) < 4.78 is 0. The van der Waals surface area contributed by atoms with E-state index in [1.54, 1.807) is 0 Å². The van der Waals surface area contributed by atoms with Crippen molar-refractivity contribution < 1.29 is 17.1 Å². The standard InChI is InChI=1S/2C9H13.Fe/c2*1-2-3-6-9-7-4-5-8-9;/h2*4-5,7-8H,2-3,6H2,1H3;/q2*-1;+2. The molecule has 0 unspecified atom stereocenters. The van der Waals surface area contributed by atoms with Crippen molar-refractivity contribution in [3.8, 4) is 0 Å². The Morgan fingerprint density at radius 2 is 0.947 bits per heavy atom. The van der Waals surface area contributed by atoms with Gasteiger partial charge >= 0.3 is 17.1 Å². The van der Waals surface area contributed by atoms with Gasteiger partial charge in [0.2, 0.25) is 0 Å². The molecule has 106 valence electrons. The minimum absolute atomic E-state index is 0. The van der Waals surface area contributed by atoms with Crippen LogP contribution in [0, 0.1) is 0 Å². The van der Waals surface area contributed by atoms with E-state index in [9.17, 15) is 0 Å². The van der Waals surface area contributed by atoms with E-state index in [2.05, 4.69) is 62.4 Å². The van der Waals surface area contributed by atoms with E-state index >= 15 is 0 Å². The molecule has 0 radical (unpaired) electrons. The second-order valence-corrected chi connectivity index (χ2v) is 4.79. The third-order valence-electron chi connectivity index (χ3n) is 3.10. The zero-order chi connectivity index (χ0) is 13.1. The summed E-state index contributed by atoms with van der Waals surface area (Å²) in [6.07, 6.45) is 7.75. The molecule has 19 heavy (non-hydrogen) atoms. The van der Waals surface area contributed by atoms with Gasteiger partial charge in [-0.2, -0.15) is 35.4 Å². The fraction of sp³-hybridized carbons (Fsp3) is 0.444. The van der Waals surface area contributed by atoms with Crippen LogP contribution in [0.15, 0.2) is 48.5 Å². The van der Waals surface area contributed by atoms with Crippen molar-refractivity contribution in [3.05, 3.63) is 59.7 Å². The maximum Gasteiger partial charge on any atom is 2.00 e. The molecule has 2 aromatic carbocycles. The molecule has 2 rings (SSSR count). The molecule has 0 bridgehead atoms. The monoisotopic (exact) mass is 298 g/mol. The summed E-state index contributed by atoms with van der Waals surface area (Å²) in [5, 5.41) is 0. The van der Waals surface area contributed by atoms with E-state index < -0.39 is 0 Å². The SMILES string of the molecule is CCCC[c-]1cccc1.CCCC[c-]1cccc1.[Fe+2]. The van der Waals surface area contributed by atoms with Crippen LogP contribution in [0.4, 0.5) is 0 Å². The molecule has 0 N–H and O–H groups in total. The van der Waals surface area contributed by atoms with Gasteiger partial charge in [0, 0.05) is 0 Å². The minimum Gasteiger partial charge on any atom is -0.213 e. The second-order valence-electron chi connectivity index (χ2n) is 4.79. The molecule has 0 aliphatic carbocycles. The number of aryl methyl sites for hydroxylation is 2. The topological polar surface area (TPSA) is 0 Å². The third kappa shape index (κ3) is 8.86. The van der Waals surface area contributed by atoms with Gasteiger partial charge in [-0.05, 0) is 0 Å². The Balaban J connectivity index is 0.000000324. The van der Waals surface area contributed by atoms with Gasteiger partial charge in [0.05, 0.1) is 0 Å². The molecule has 0 atom stereocenters. The fourth-order valence-corrected chi connectivity index (χ4v) is 1.92. The van der Waals surface area contributed by atoms with E-state index in [4.69, 9.17) is 0 Å². The van der Waals surface area contributed by atoms with E-state index in [0.29, 0.717) is 0 Å². The van der Waals surface area contributed by atoms with Gasteiger partial charge in [-0.25, -0.2) is 24.3 Å². The van der Waals surface area contributed by atoms with Crippen molar-refractivity contribution >= 4 is 0 Å². The van der Waals surface area contributed by atoms with Crippen molar-refractivity contribution in [3.63, 3.8) is 0 Å². The Morgan fingerprint density at radius 3 is 1.21 bits per heavy atom. The second kappa shape index (κ2) is 12.3. The number of unbranched alkanes of at least 4 members (excludes halogenated alkanes) is 2. The van der Waals surface area contributed by atoms with Crippen LogP contribution in [-0.2, 0) is 29.9 Å². The summed E-state index contributed by atoms with van der Waals surface area (Å²) in [7, 11) is 0. The molecule has 2 aromatic rings. The van der Waals surface area contributed by atoms with Gasteiger partial charge in [0.25, 0.3) is 0 Å². The van der Waals surface area contributed by atoms with Crippen LogP contribution in [0.1, 0.15) is 50.7 Å². The van der Waals surface area contributed by atoms with E-state index in [0.717, 1.165) is 0 Å². The fourth-order valence-electron chi connectivity index (χ4n) is 1.92. The maximum atomic E-state index is 2.23. The Labute approximate surface area is 129 Å². The van der Waals surface area contributed by atoms with Crippen LogP contribution >= 0.6 is 0 Å². The predicted molar refractivity (Wildman–Crippen MR) is 81.3 cm³/mol. The summed E-state index contributed by atoms with van der Waals surface area (Å²) in [5.74, 6) is 0. The van der Waals surface area contributed by atoms with Gasteiger partial charge in [-0.1, -0.05) is 52.4 Å². The van der Waals surface area contributed by atoms with Crippen LogP contribution in [0.2, 0.25) is 0 Å². The van der Waals surface area contributed by atoms with E-state index in [-0.39, 0.29) is 17.1 Å². The van der Waals surface area contributed by atoms with Gasteiger partial charge in [-0.3, -0.25) is 0 Å². The summed E-state index contributed by atoms with van der Waals surface area (Å²) >= 11 is 0. The molecule has 0 aliphatic heterocycles. The summed E-state index contributed by atoms with van der Waals surface area (Å²) in [4.78, 5) is 0. The molecule has 1 heteroatoms. The summed E-state index contributed by atoms with van der Waals surface area (Å²) in [6, 6.07) is 17.2. The first-order valence-electron chi connectivity index (χ1n) is 7.28. The van der Waals surface area contributed by atoms with Crippen molar-refractivity contribution in [2.75, 3.05) is 0 Å². The zero-order valence-corrected chi connectivity index (χ0v) is 13.3. The van der Waals surface area contributed by atoms with Crippen LogP contribution in [0.5, 0.6) is 0 Å². The molecule has 0 amide bonds. The molecule has 0 fully saturated rings. The van der Waals surface area contributed by atoms with Crippen molar-refractivity contribution in [1.29, 1.82) is 0 Å². The number of hydrogen-bond donors (Lipinski definition) is 0. The predicted octanol–water partition coefficient (Wildman–Crippen LogP) is 5.49. The van der Waals surface area contributed by atoms with Gasteiger partial charge in [0.1, 0.15) is 0 Å². The van der Waals surface area contributed by atoms with Gasteiger partial charge in [-0.15, -0.1) is 0 Å². The first-order valence-corrected chi connectivity index (χ1v) is 7.28. The maximum absolute atomic E-state index is 2.23. The minimum atomic E-state index is 0. The molecule has 0 aromatic heterocycles. The Hall–Kier alpha value is -0.781. The molecular formula is C18H26Fe. The molecular weight excluding hydrogens is 272 g/mol. The Kier molecular flexibility index (Phi) is 11.8. The quantitative estimate of drug-likeness (QED) is 0.488. The van der Waals surface area contributed by atoms with Crippen LogP contribution in [0.3, 0.4) is 0 Å². The smallest absolute Gasteiger partial charge is 0.213 e. The molecule has 0 heterocycles. The first-order chi connectivity index (χ1) is 8.86. The van der Waals surface area contributed by atoms with Crippen LogP contribution < -0.4 is 0 Å².